The standard InChI is InChI=1S/C10H15NO4S2/c1-7(12)16-5-10(6-17-8(2)13)3-11(4-10)9(14)15/h3-6H2,1-2H3,(H,14,15). The molecule has 0 aliphatic carbocycles. The van der Waals surface area contributed by atoms with Gasteiger partial charge >= 0.3 is 6.09 Å². The van der Waals surface area contributed by atoms with Crippen molar-refractivity contribution in [1.82, 2.24) is 4.90 Å². The van der Waals surface area contributed by atoms with Crippen LogP contribution in [0.25, 0.3) is 0 Å². The Morgan fingerprint density at radius 1 is 1.12 bits per heavy atom. The quantitative estimate of drug-likeness (QED) is 0.840. The van der Waals surface area contributed by atoms with E-state index in [0.29, 0.717) is 24.6 Å². The van der Waals surface area contributed by atoms with E-state index in [-0.39, 0.29) is 15.6 Å². The minimum Gasteiger partial charge on any atom is -0.465 e. The second-order valence-electron chi connectivity index (χ2n) is 4.20. The number of nitrogens with zero attached hydrogens (tertiary/aromatic N) is 1. The third kappa shape index (κ3) is 4.23. The first kappa shape index (κ1) is 14.4. The average molecular weight is 277 g/mol. The highest BCUT2D eigenvalue weighted by atomic mass is 32.2. The Kier molecular flexibility index (Phi) is 4.88. The fourth-order valence-electron chi connectivity index (χ4n) is 1.63. The summed E-state index contributed by atoms with van der Waals surface area (Å²) in [5.41, 5.74) is -0.231. The second kappa shape index (κ2) is 5.77. The molecule has 0 saturated carbocycles. The zero-order valence-electron chi connectivity index (χ0n) is 9.76. The summed E-state index contributed by atoms with van der Waals surface area (Å²) in [6.45, 7) is 3.79. The molecule has 1 N–H and O–H groups in total. The molecule has 1 aliphatic heterocycles. The normalized spacial score (nSPS) is 17.4. The number of carbonyl (C=O) groups is 3. The molecule has 0 atom stereocenters. The van der Waals surface area contributed by atoms with Crippen LogP contribution < -0.4 is 0 Å². The molecule has 1 fully saturated rings. The molecule has 1 aliphatic rings. The highest BCUT2D eigenvalue weighted by molar-refractivity contribution is 8.14. The second-order valence-corrected chi connectivity index (χ2v) is 6.50. The van der Waals surface area contributed by atoms with Gasteiger partial charge in [0.1, 0.15) is 0 Å². The van der Waals surface area contributed by atoms with E-state index in [1.54, 1.807) is 0 Å². The molecule has 0 unspecified atom stereocenters. The maximum atomic E-state index is 10.9. The van der Waals surface area contributed by atoms with E-state index in [2.05, 4.69) is 0 Å². The zero-order chi connectivity index (χ0) is 13.1. The first-order valence-corrected chi connectivity index (χ1v) is 7.06. The van der Waals surface area contributed by atoms with Crippen molar-refractivity contribution in [1.29, 1.82) is 0 Å². The molecule has 1 amide bonds. The number of hydrogen-bond donors (Lipinski definition) is 1. The summed E-state index contributed by atoms with van der Waals surface area (Å²) in [5.74, 6) is 1.15. The van der Waals surface area contributed by atoms with Crippen LogP contribution in [0.1, 0.15) is 13.8 Å². The minimum atomic E-state index is -0.943. The highest BCUT2D eigenvalue weighted by Crippen LogP contribution is 2.37. The van der Waals surface area contributed by atoms with Gasteiger partial charge in [0.15, 0.2) is 10.2 Å². The summed E-state index contributed by atoms with van der Waals surface area (Å²) >= 11 is 2.39. The Morgan fingerprint density at radius 2 is 1.53 bits per heavy atom. The Balaban J connectivity index is 2.52. The van der Waals surface area contributed by atoms with Crippen molar-refractivity contribution in [2.45, 2.75) is 13.8 Å². The summed E-state index contributed by atoms with van der Waals surface area (Å²) in [6.07, 6.45) is -0.943. The summed E-state index contributed by atoms with van der Waals surface area (Å²) in [4.78, 5) is 33.9. The highest BCUT2D eigenvalue weighted by Gasteiger charge is 2.45. The van der Waals surface area contributed by atoms with Crippen molar-refractivity contribution in [2.75, 3.05) is 24.6 Å². The van der Waals surface area contributed by atoms with Gasteiger partial charge in [-0.25, -0.2) is 4.79 Å². The first-order valence-electron chi connectivity index (χ1n) is 5.09. The van der Waals surface area contributed by atoms with Gasteiger partial charge in [0.25, 0.3) is 0 Å². The zero-order valence-corrected chi connectivity index (χ0v) is 11.4. The van der Waals surface area contributed by atoms with E-state index in [1.165, 1.54) is 42.3 Å². The number of carboxylic acid groups (broad SMARTS) is 1. The molecule has 0 aromatic rings. The Labute approximate surface area is 108 Å². The van der Waals surface area contributed by atoms with Crippen LogP contribution in [-0.4, -0.2) is 50.9 Å². The lowest BCUT2D eigenvalue weighted by atomic mass is 9.84. The van der Waals surface area contributed by atoms with Gasteiger partial charge in [-0.05, 0) is 0 Å². The predicted molar refractivity (Wildman–Crippen MR) is 68.3 cm³/mol. The topological polar surface area (TPSA) is 74.7 Å². The first-order chi connectivity index (χ1) is 7.84. The number of thioether (sulfide) groups is 2. The summed E-state index contributed by atoms with van der Waals surface area (Å²) in [6, 6.07) is 0. The fraction of sp³-hybridized carbons (Fsp3) is 0.700. The SMILES string of the molecule is CC(=O)SCC1(CSC(C)=O)CN(C(=O)O)C1. The van der Waals surface area contributed by atoms with Crippen molar-refractivity contribution in [2.24, 2.45) is 5.41 Å². The minimum absolute atomic E-state index is 0.0194. The van der Waals surface area contributed by atoms with E-state index in [1.807, 2.05) is 0 Å². The van der Waals surface area contributed by atoms with Crippen LogP contribution >= 0.6 is 23.5 Å². The molecular weight excluding hydrogens is 262 g/mol. The van der Waals surface area contributed by atoms with Gasteiger partial charge in [-0.3, -0.25) is 9.59 Å². The molecule has 5 nitrogen and oxygen atoms in total. The van der Waals surface area contributed by atoms with Crippen molar-refractivity contribution in [3.63, 3.8) is 0 Å². The van der Waals surface area contributed by atoms with Crippen LogP contribution in [0.2, 0.25) is 0 Å². The Morgan fingerprint density at radius 3 is 1.82 bits per heavy atom. The van der Waals surface area contributed by atoms with E-state index in [4.69, 9.17) is 5.11 Å². The van der Waals surface area contributed by atoms with Crippen LogP contribution in [-0.2, 0) is 9.59 Å². The number of likely N-dealkylation sites (tertiary alicyclic amines) is 1. The number of rotatable bonds is 4. The molecule has 17 heavy (non-hydrogen) atoms. The largest absolute Gasteiger partial charge is 0.465 e. The lowest BCUT2D eigenvalue weighted by molar-refractivity contribution is -0.109. The molecule has 0 aromatic carbocycles. The maximum Gasteiger partial charge on any atom is 0.407 e. The Hall–Kier alpha value is -0.690. The van der Waals surface area contributed by atoms with E-state index in [0.717, 1.165) is 0 Å². The van der Waals surface area contributed by atoms with Gasteiger partial charge in [0.2, 0.25) is 0 Å². The molecule has 96 valence electrons. The van der Waals surface area contributed by atoms with E-state index in [9.17, 15) is 14.4 Å². The summed E-state index contributed by atoms with van der Waals surface area (Å²) in [5, 5.41) is 8.84. The van der Waals surface area contributed by atoms with Gasteiger partial charge in [-0.2, -0.15) is 0 Å². The van der Waals surface area contributed by atoms with Crippen LogP contribution in [0.5, 0.6) is 0 Å². The Bertz CT molecular complexity index is 312. The molecule has 7 heteroatoms. The van der Waals surface area contributed by atoms with Crippen molar-refractivity contribution < 1.29 is 19.5 Å². The van der Waals surface area contributed by atoms with E-state index < -0.39 is 6.09 Å². The molecule has 1 rings (SSSR count). The maximum absolute atomic E-state index is 10.9. The third-order valence-corrected chi connectivity index (χ3v) is 4.81. The third-order valence-electron chi connectivity index (χ3n) is 2.49. The van der Waals surface area contributed by atoms with E-state index >= 15 is 0 Å². The average Bonchev–Trinajstić information content (AvgIpc) is 2.14. The fourth-order valence-corrected chi connectivity index (χ4v) is 3.35. The molecule has 0 radical (unpaired) electrons. The van der Waals surface area contributed by atoms with Crippen molar-refractivity contribution in [3.8, 4) is 0 Å². The number of hydrogen-bond acceptors (Lipinski definition) is 5. The van der Waals surface area contributed by atoms with Crippen LogP contribution in [0, 0.1) is 5.41 Å². The predicted octanol–water partition coefficient (Wildman–Crippen LogP) is 1.53. The molecule has 1 saturated heterocycles. The molecule has 0 aromatic heterocycles. The molecule has 1 heterocycles. The molecular formula is C10H15NO4S2. The summed E-state index contributed by atoms with van der Waals surface area (Å²) in [7, 11) is 0. The van der Waals surface area contributed by atoms with Gasteiger partial charge < -0.3 is 10.0 Å². The monoisotopic (exact) mass is 277 g/mol. The summed E-state index contributed by atoms with van der Waals surface area (Å²) < 4.78 is 0. The van der Waals surface area contributed by atoms with Crippen molar-refractivity contribution >= 4 is 39.8 Å². The molecule has 0 bridgehead atoms. The van der Waals surface area contributed by atoms with Gasteiger partial charge in [0.05, 0.1) is 0 Å². The molecule has 0 spiro atoms. The van der Waals surface area contributed by atoms with Crippen LogP contribution in [0.15, 0.2) is 0 Å². The van der Waals surface area contributed by atoms with Gasteiger partial charge in [-0.1, -0.05) is 23.5 Å². The van der Waals surface area contributed by atoms with Crippen LogP contribution in [0.4, 0.5) is 4.79 Å². The lowest BCUT2D eigenvalue weighted by Crippen LogP contribution is -2.60. The number of carbonyl (C=O) groups excluding carboxylic acids is 2. The van der Waals surface area contributed by atoms with Gasteiger partial charge in [0, 0.05) is 43.9 Å². The smallest absolute Gasteiger partial charge is 0.407 e. The van der Waals surface area contributed by atoms with Crippen molar-refractivity contribution in [3.05, 3.63) is 0 Å². The van der Waals surface area contributed by atoms with Crippen LogP contribution in [0.3, 0.4) is 0 Å². The van der Waals surface area contributed by atoms with Gasteiger partial charge in [-0.15, -0.1) is 0 Å². The number of amides is 1. The lowest BCUT2D eigenvalue weighted by Gasteiger charge is -2.48.